The predicted octanol–water partition coefficient (Wildman–Crippen LogP) is 2.51. The van der Waals surface area contributed by atoms with Gasteiger partial charge in [0.1, 0.15) is 11.0 Å². The minimum Gasteiger partial charge on any atom is -0.391 e. The molecule has 108 valence electrons. The third-order valence-corrected chi connectivity index (χ3v) is 3.22. The predicted molar refractivity (Wildman–Crippen MR) is 87.8 cm³/mol. The second-order valence-electron chi connectivity index (χ2n) is 4.56. The fraction of sp³-hybridized carbons (Fsp3) is 0.125. The zero-order valence-corrected chi connectivity index (χ0v) is 12.3. The molecule has 5 heteroatoms. The van der Waals surface area contributed by atoms with E-state index in [1.807, 2.05) is 60.7 Å². The molecular weight excluding hydrogens is 282 g/mol. The molecule has 0 aromatic heterocycles. The van der Waals surface area contributed by atoms with E-state index in [-0.39, 0.29) is 11.0 Å². The zero-order valence-electron chi connectivity index (χ0n) is 11.5. The molecule has 1 atom stereocenters. The van der Waals surface area contributed by atoms with E-state index in [0.29, 0.717) is 6.54 Å². The molecule has 1 unspecified atom stereocenters. The molecule has 2 aromatic carbocycles. The maximum absolute atomic E-state index is 12.0. The molecule has 0 aliphatic rings. The molecule has 2 rings (SSSR count). The van der Waals surface area contributed by atoms with Crippen LogP contribution < -0.4 is 16.4 Å². The number of benzene rings is 2. The Morgan fingerprint density at radius 3 is 2.19 bits per heavy atom. The summed E-state index contributed by atoms with van der Waals surface area (Å²) in [5.74, 6) is 0. The summed E-state index contributed by atoms with van der Waals surface area (Å²) in [5, 5.41) is 5.58. The normalized spacial score (nSPS) is 11.4. The van der Waals surface area contributed by atoms with Crippen molar-refractivity contribution in [3.63, 3.8) is 0 Å². The molecule has 0 saturated heterocycles. The Labute approximate surface area is 129 Å². The lowest BCUT2D eigenvalue weighted by Crippen LogP contribution is -2.42. The van der Waals surface area contributed by atoms with Gasteiger partial charge in [-0.15, -0.1) is 0 Å². The van der Waals surface area contributed by atoms with Crippen LogP contribution in [0.3, 0.4) is 0 Å². The van der Waals surface area contributed by atoms with Gasteiger partial charge in [-0.3, -0.25) is 0 Å². The third kappa shape index (κ3) is 4.57. The number of hydrogen-bond donors (Lipinski definition) is 3. The highest BCUT2D eigenvalue weighted by atomic mass is 32.1. The van der Waals surface area contributed by atoms with Crippen molar-refractivity contribution in [2.45, 2.75) is 12.6 Å². The maximum atomic E-state index is 12.0. The number of amides is 2. The number of thiocarbonyl (C=S) groups is 1. The number of urea groups is 1. The van der Waals surface area contributed by atoms with Crippen LogP contribution in [0, 0.1) is 0 Å². The van der Waals surface area contributed by atoms with Gasteiger partial charge < -0.3 is 16.4 Å². The molecule has 0 aliphatic carbocycles. The van der Waals surface area contributed by atoms with Crippen molar-refractivity contribution in [2.24, 2.45) is 5.73 Å². The van der Waals surface area contributed by atoms with Gasteiger partial charge in [0.05, 0.1) is 0 Å². The van der Waals surface area contributed by atoms with Gasteiger partial charge in [0, 0.05) is 6.54 Å². The molecule has 0 bridgehead atoms. The minimum absolute atomic E-state index is 0.232. The van der Waals surface area contributed by atoms with E-state index in [1.165, 1.54) is 0 Å². The Bertz CT molecular complexity index is 601. The largest absolute Gasteiger partial charge is 0.391 e. The Balaban J connectivity index is 1.95. The molecule has 0 fully saturated rings. The topological polar surface area (TPSA) is 67.1 Å². The molecular formula is C16H17N3OS. The Hall–Kier alpha value is -2.40. The van der Waals surface area contributed by atoms with Crippen molar-refractivity contribution in [1.29, 1.82) is 0 Å². The van der Waals surface area contributed by atoms with Crippen molar-refractivity contribution >= 4 is 23.2 Å². The van der Waals surface area contributed by atoms with E-state index in [9.17, 15) is 4.79 Å². The average Bonchev–Trinajstić information content (AvgIpc) is 2.52. The van der Waals surface area contributed by atoms with E-state index in [0.717, 1.165) is 11.1 Å². The summed E-state index contributed by atoms with van der Waals surface area (Å²) in [6.45, 7) is 0.450. The number of carbonyl (C=O) groups excluding carboxylic acids is 1. The first kappa shape index (κ1) is 15.0. The molecule has 21 heavy (non-hydrogen) atoms. The van der Waals surface area contributed by atoms with Crippen molar-refractivity contribution in [3.05, 3.63) is 71.8 Å². The SMILES string of the molecule is NC(=S)C(NC(=O)NCc1ccccc1)c1ccccc1. The van der Waals surface area contributed by atoms with Crippen LogP contribution >= 0.6 is 12.2 Å². The molecule has 0 spiro atoms. The summed E-state index contributed by atoms with van der Waals surface area (Å²) in [4.78, 5) is 12.2. The molecule has 0 saturated carbocycles. The highest BCUT2D eigenvalue weighted by Gasteiger charge is 2.16. The van der Waals surface area contributed by atoms with Crippen molar-refractivity contribution in [2.75, 3.05) is 0 Å². The van der Waals surface area contributed by atoms with Gasteiger partial charge in [-0.2, -0.15) is 0 Å². The zero-order chi connectivity index (χ0) is 15.1. The first-order chi connectivity index (χ1) is 10.2. The van der Waals surface area contributed by atoms with Crippen LogP contribution in [0.5, 0.6) is 0 Å². The van der Waals surface area contributed by atoms with Crippen LogP contribution in [0.1, 0.15) is 17.2 Å². The monoisotopic (exact) mass is 299 g/mol. The summed E-state index contributed by atoms with van der Waals surface area (Å²) in [6.07, 6.45) is 0. The second-order valence-corrected chi connectivity index (χ2v) is 5.03. The molecule has 4 nitrogen and oxygen atoms in total. The van der Waals surface area contributed by atoms with Gasteiger partial charge in [-0.05, 0) is 11.1 Å². The Morgan fingerprint density at radius 1 is 1.05 bits per heavy atom. The number of nitrogens with one attached hydrogen (secondary N) is 2. The quantitative estimate of drug-likeness (QED) is 0.743. The average molecular weight is 299 g/mol. The van der Waals surface area contributed by atoms with Gasteiger partial charge >= 0.3 is 6.03 Å². The number of nitrogens with two attached hydrogens (primary N) is 1. The van der Waals surface area contributed by atoms with Gasteiger partial charge in [0.2, 0.25) is 0 Å². The summed E-state index contributed by atoms with van der Waals surface area (Å²) in [6, 6.07) is 18.3. The third-order valence-electron chi connectivity index (χ3n) is 2.99. The molecule has 2 aromatic rings. The van der Waals surface area contributed by atoms with Crippen LogP contribution in [0.25, 0.3) is 0 Å². The highest BCUT2D eigenvalue weighted by molar-refractivity contribution is 7.80. The number of rotatable bonds is 5. The molecule has 0 aliphatic heterocycles. The highest BCUT2D eigenvalue weighted by Crippen LogP contribution is 2.12. The van der Waals surface area contributed by atoms with Crippen molar-refractivity contribution in [1.82, 2.24) is 10.6 Å². The van der Waals surface area contributed by atoms with Gasteiger partial charge in [-0.1, -0.05) is 72.9 Å². The summed E-state index contributed by atoms with van der Waals surface area (Å²) in [5.41, 5.74) is 7.60. The summed E-state index contributed by atoms with van der Waals surface area (Å²) < 4.78 is 0. The lowest BCUT2D eigenvalue weighted by Gasteiger charge is -2.18. The van der Waals surface area contributed by atoms with E-state index in [1.54, 1.807) is 0 Å². The fourth-order valence-corrected chi connectivity index (χ4v) is 2.12. The van der Waals surface area contributed by atoms with Crippen LogP contribution in [-0.2, 0) is 6.54 Å². The van der Waals surface area contributed by atoms with Crippen LogP contribution in [-0.4, -0.2) is 11.0 Å². The number of carbonyl (C=O) groups is 1. The summed E-state index contributed by atoms with van der Waals surface area (Å²) in [7, 11) is 0. The number of hydrogen-bond acceptors (Lipinski definition) is 2. The molecule has 2 amide bonds. The Kier molecular flexibility index (Phi) is 5.29. The van der Waals surface area contributed by atoms with Gasteiger partial charge in [0.15, 0.2) is 0 Å². The lowest BCUT2D eigenvalue weighted by molar-refractivity contribution is 0.239. The first-order valence-electron chi connectivity index (χ1n) is 6.59. The smallest absolute Gasteiger partial charge is 0.315 e. The van der Waals surface area contributed by atoms with Crippen molar-refractivity contribution < 1.29 is 4.79 Å². The van der Waals surface area contributed by atoms with E-state index in [2.05, 4.69) is 10.6 Å². The van der Waals surface area contributed by atoms with Crippen LogP contribution in [0.15, 0.2) is 60.7 Å². The molecule has 4 N–H and O–H groups in total. The van der Waals surface area contributed by atoms with E-state index < -0.39 is 6.04 Å². The fourth-order valence-electron chi connectivity index (χ4n) is 1.92. The summed E-state index contributed by atoms with van der Waals surface area (Å²) >= 11 is 5.03. The first-order valence-corrected chi connectivity index (χ1v) is 7.00. The van der Waals surface area contributed by atoms with Gasteiger partial charge in [0.25, 0.3) is 0 Å². The van der Waals surface area contributed by atoms with E-state index in [4.69, 9.17) is 18.0 Å². The minimum atomic E-state index is -0.475. The van der Waals surface area contributed by atoms with Crippen molar-refractivity contribution in [3.8, 4) is 0 Å². The standard InChI is InChI=1S/C16H17N3OS/c17-15(21)14(13-9-5-2-6-10-13)19-16(20)18-11-12-7-3-1-4-8-12/h1-10,14H,11H2,(H2,17,21)(H2,18,19,20). The van der Waals surface area contributed by atoms with Crippen LogP contribution in [0.4, 0.5) is 4.79 Å². The van der Waals surface area contributed by atoms with Gasteiger partial charge in [-0.25, -0.2) is 4.79 Å². The molecule has 0 heterocycles. The second kappa shape index (κ2) is 7.40. The van der Waals surface area contributed by atoms with Crippen LogP contribution in [0.2, 0.25) is 0 Å². The maximum Gasteiger partial charge on any atom is 0.315 e. The Morgan fingerprint density at radius 2 is 1.62 bits per heavy atom. The van der Waals surface area contributed by atoms with E-state index >= 15 is 0 Å². The lowest BCUT2D eigenvalue weighted by atomic mass is 10.1. The molecule has 0 radical (unpaired) electrons.